The average molecular weight is 276 g/mol. The number of anilines is 1. The van der Waals surface area contributed by atoms with E-state index in [1.807, 2.05) is 6.20 Å². The molecule has 0 spiro atoms. The zero-order valence-electron chi connectivity index (χ0n) is 13.2. The molecule has 4 heteroatoms. The summed E-state index contributed by atoms with van der Waals surface area (Å²) in [7, 11) is 0. The molecule has 1 aromatic rings. The van der Waals surface area contributed by atoms with E-state index in [2.05, 4.69) is 36.0 Å². The van der Waals surface area contributed by atoms with Crippen LogP contribution in [-0.2, 0) is 6.54 Å². The van der Waals surface area contributed by atoms with Crippen molar-refractivity contribution < 1.29 is 0 Å². The molecule has 0 aliphatic carbocycles. The third-order valence-corrected chi connectivity index (χ3v) is 3.80. The van der Waals surface area contributed by atoms with Crippen molar-refractivity contribution >= 4 is 5.69 Å². The Bertz CT molecular complexity index is 411. The molecule has 0 radical (unpaired) electrons. The average Bonchev–Trinajstić information content (AvgIpc) is 2.48. The fraction of sp³-hybridized carbons (Fsp3) is 0.750. The molecule has 0 amide bonds. The molecule has 1 aliphatic rings. The van der Waals surface area contributed by atoms with Crippen molar-refractivity contribution in [2.75, 3.05) is 24.5 Å². The van der Waals surface area contributed by atoms with Gasteiger partial charge < -0.3 is 10.2 Å². The van der Waals surface area contributed by atoms with Crippen LogP contribution in [0.2, 0.25) is 0 Å². The highest BCUT2D eigenvalue weighted by atomic mass is 15.2. The Morgan fingerprint density at radius 1 is 1.25 bits per heavy atom. The molecule has 2 heterocycles. The molecule has 1 saturated heterocycles. The molecule has 1 aliphatic heterocycles. The predicted molar refractivity (Wildman–Crippen MR) is 84.2 cm³/mol. The number of aromatic nitrogens is 2. The van der Waals surface area contributed by atoms with Gasteiger partial charge in [0.1, 0.15) is 5.82 Å². The maximum atomic E-state index is 4.80. The van der Waals surface area contributed by atoms with Crippen LogP contribution in [0, 0.1) is 0 Å². The summed E-state index contributed by atoms with van der Waals surface area (Å²) < 4.78 is 0. The summed E-state index contributed by atoms with van der Waals surface area (Å²) in [5.74, 6) is 1.34. The predicted octanol–water partition coefficient (Wildman–Crippen LogP) is 3.09. The monoisotopic (exact) mass is 276 g/mol. The lowest BCUT2D eigenvalue weighted by Gasteiger charge is -2.30. The number of rotatable bonds is 6. The van der Waals surface area contributed by atoms with E-state index in [1.54, 1.807) is 0 Å². The van der Waals surface area contributed by atoms with Crippen molar-refractivity contribution in [3.05, 3.63) is 17.7 Å². The van der Waals surface area contributed by atoms with Gasteiger partial charge in [-0.25, -0.2) is 9.97 Å². The van der Waals surface area contributed by atoms with Crippen LogP contribution in [0.1, 0.15) is 63.9 Å². The lowest BCUT2D eigenvalue weighted by Crippen LogP contribution is -2.31. The summed E-state index contributed by atoms with van der Waals surface area (Å²) in [5, 5.41) is 3.48. The minimum atomic E-state index is 0.385. The van der Waals surface area contributed by atoms with Crippen LogP contribution in [0.5, 0.6) is 0 Å². The van der Waals surface area contributed by atoms with E-state index in [4.69, 9.17) is 4.98 Å². The third kappa shape index (κ3) is 3.92. The van der Waals surface area contributed by atoms with Crippen LogP contribution in [-0.4, -0.2) is 29.6 Å². The molecular formula is C16H28N4. The van der Waals surface area contributed by atoms with E-state index in [9.17, 15) is 0 Å². The van der Waals surface area contributed by atoms with Gasteiger partial charge in [-0.05, 0) is 32.2 Å². The fourth-order valence-electron chi connectivity index (χ4n) is 2.62. The normalized spacial score (nSPS) is 15.9. The molecule has 0 atom stereocenters. The first-order valence-corrected chi connectivity index (χ1v) is 8.03. The summed E-state index contributed by atoms with van der Waals surface area (Å²) in [6.07, 6.45) is 7.12. The van der Waals surface area contributed by atoms with Crippen molar-refractivity contribution in [2.45, 2.75) is 58.9 Å². The molecule has 112 valence electrons. The Morgan fingerprint density at radius 2 is 2.00 bits per heavy atom. The number of nitrogens with zero attached hydrogens (tertiary/aromatic N) is 3. The van der Waals surface area contributed by atoms with Gasteiger partial charge in [-0.1, -0.05) is 20.8 Å². The molecule has 1 N–H and O–H groups in total. The van der Waals surface area contributed by atoms with Crippen LogP contribution in [0.25, 0.3) is 0 Å². The Hall–Kier alpha value is -1.16. The minimum Gasteiger partial charge on any atom is -0.369 e. The van der Waals surface area contributed by atoms with Crippen LogP contribution in [0.15, 0.2) is 6.20 Å². The van der Waals surface area contributed by atoms with Crippen molar-refractivity contribution in [1.82, 2.24) is 15.3 Å². The molecule has 0 unspecified atom stereocenters. The van der Waals surface area contributed by atoms with Crippen LogP contribution in [0.3, 0.4) is 0 Å². The summed E-state index contributed by atoms with van der Waals surface area (Å²) in [4.78, 5) is 11.8. The van der Waals surface area contributed by atoms with Gasteiger partial charge in [0.15, 0.2) is 0 Å². The van der Waals surface area contributed by atoms with Crippen LogP contribution in [0.4, 0.5) is 5.69 Å². The molecule has 0 bridgehead atoms. The van der Waals surface area contributed by atoms with Gasteiger partial charge in [0.2, 0.25) is 0 Å². The smallest absolute Gasteiger partial charge is 0.131 e. The molecule has 0 aromatic carbocycles. The van der Waals surface area contributed by atoms with E-state index in [0.717, 1.165) is 38.4 Å². The Balaban J connectivity index is 2.18. The second kappa shape index (κ2) is 7.58. The van der Waals surface area contributed by atoms with Gasteiger partial charge >= 0.3 is 0 Å². The van der Waals surface area contributed by atoms with Gasteiger partial charge in [-0.2, -0.15) is 0 Å². The fourth-order valence-corrected chi connectivity index (χ4v) is 2.62. The number of hydrogen-bond donors (Lipinski definition) is 1. The van der Waals surface area contributed by atoms with E-state index in [-0.39, 0.29) is 0 Å². The highest BCUT2D eigenvalue weighted by Gasteiger charge is 2.17. The second-order valence-corrected chi connectivity index (χ2v) is 5.94. The van der Waals surface area contributed by atoms with Gasteiger partial charge in [0, 0.05) is 25.6 Å². The molecule has 1 aromatic heterocycles. The Morgan fingerprint density at radius 3 is 2.65 bits per heavy atom. The lowest BCUT2D eigenvalue weighted by molar-refractivity contribution is 0.569. The van der Waals surface area contributed by atoms with Crippen molar-refractivity contribution in [3.8, 4) is 0 Å². The van der Waals surface area contributed by atoms with Crippen molar-refractivity contribution in [2.24, 2.45) is 0 Å². The van der Waals surface area contributed by atoms with Crippen LogP contribution < -0.4 is 10.2 Å². The summed E-state index contributed by atoms with van der Waals surface area (Å²) in [5.41, 5.74) is 2.40. The molecule has 0 saturated carbocycles. The third-order valence-electron chi connectivity index (χ3n) is 3.80. The van der Waals surface area contributed by atoms with Gasteiger partial charge in [0.25, 0.3) is 0 Å². The minimum absolute atomic E-state index is 0.385. The molecular weight excluding hydrogens is 248 g/mol. The maximum Gasteiger partial charge on any atom is 0.131 e. The summed E-state index contributed by atoms with van der Waals surface area (Å²) in [6, 6.07) is 0. The summed E-state index contributed by atoms with van der Waals surface area (Å²) in [6.45, 7) is 10.7. The second-order valence-electron chi connectivity index (χ2n) is 5.94. The molecule has 20 heavy (non-hydrogen) atoms. The first kappa shape index (κ1) is 15.2. The van der Waals surface area contributed by atoms with E-state index < -0.39 is 0 Å². The SMILES string of the molecule is CCCNCc1nc(C(C)C)ncc1N1CCCCC1. The number of piperidine rings is 1. The molecule has 2 rings (SSSR count). The number of nitrogens with one attached hydrogen (secondary N) is 1. The Kier molecular flexibility index (Phi) is 5.77. The lowest BCUT2D eigenvalue weighted by atomic mass is 10.1. The van der Waals surface area contributed by atoms with Gasteiger partial charge in [-0.3, -0.25) is 0 Å². The van der Waals surface area contributed by atoms with E-state index >= 15 is 0 Å². The highest BCUT2D eigenvalue weighted by Crippen LogP contribution is 2.23. The number of hydrogen-bond acceptors (Lipinski definition) is 4. The van der Waals surface area contributed by atoms with Crippen LogP contribution >= 0.6 is 0 Å². The highest BCUT2D eigenvalue weighted by molar-refractivity contribution is 5.49. The quantitative estimate of drug-likeness (QED) is 0.811. The van der Waals surface area contributed by atoms with Gasteiger partial charge in [-0.15, -0.1) is 0 Å². The van der Waals surface area contributed by atoms with E-state index in [0.29, 0.717) is 5.92 Å². The molecule has 4 nitrogen and oxygen atoms in total. The standard InChI is InChI=1S/C16H28N4/c1-4-8-17-11-14-15(20-9-6-5-7-10-20)12-18-16(19-14)13(2)3/h12-13,17H,4-11H2,1-3H3. The zero-order valence-corrected chi connectivity index (χ0v) is 13.2. The van der Waals surface area contributed by atoms with Crippen molar-refractivity contribution in [1.29, 1.82) is 0 Å². The first-order valence-electron chi connectivity index (χ1n) is 8.03. The Labute approximate surface area is 123 Å². The van der Waals surface area contributed by atoms with E-state index in [1.165, 1.54) is 30.6 Å². The molecule has 1 fully saturated rings. The van der Waals surface area contributed by atoms with Gasteiger partial charge in [0.05, 0.1) is 17.6 Å². The maximum absolute atomic E-state index is 4.80. The largest absolute Gasteiger partial charge is 0.369 e. The first-order chi connectivity index (χ1) is 9.72. The zero-order chi connectivity index (χ0) is 14.4. The van der Waals surface area contributed by atoms with Crippen molar-refractivity contribution in [3.63, 3.8) is 0 Å². The summed E-state index contributed by atoms with van der Waals surface area (Å²) >= 11 is 0. The topological polar surface area (TPSA) is 41.1 Å².